The number of rotatable bonds is 4. The van der Waals surface area contributed by atoms with E-state index < -0.39 is 5.92 Å². The highest BCUT2D eigenvalue weighted by molar-refractivity contribution is 9.10. The van der Waals surface area contributed by atoms with Crippen molar-refractivity contribution in [2.75, 3.05) is 19.6 Å². The van der Waals surface area contributed by atoms with Gasteiger partial charge in [0.1, 0.15) is 0 Å². The van der Waals surface area contributed by atoms with Crippen LogP contribution >= 0.6 is 15.9 Å². The van der Waals surface area contributed by atoms with E-state index >= 15 is 0 Å². The largest absolute Gasteiger partial charge is 0.297 e. The van der Waals surface area contributed by atoms with Gasteiger partial charge >= 0.3 is 0 Å². The molecule has 1 aromatic carbocycles. The normalized spacial score (nSPS) is 15.3. The first-order valence-electron chi connectivity index (χ1n) is 9.73. The zero-order valence-electron chi connectivity index (χ0n) is 16.2. The number of aromatic nitrogens is 3. The molecule has 3 heterocycles. The van der Waals surface area contributed by atoms with Crippen LogP contribution in [0.15, 0.2) is 47.3 Å². The van der Waals surface area contributed by atoms with Gasteiger partial charge in [-0.15, -0.1) is 0 Å². The van der Waals surface area contributed by atoms with Crippen molar-refractivity contribution >= 4 is 21.6 Å². The molecule has 150 valence electrons. The highest BCUT2D eigenvalue weighted by atomic mass is 79.9. The Morgan fingerprint density at radius 3 is 2.36 bits per heavy atom. The number of benzene rings is 1. The molecule has 0 atom stereocenters. The van der Waals surface area contributed by atoms with Crippen molar-refractivity contribution < 1.29 is 8.78 Å². The quantitative estimate of drug-likeness (QED) is 0.506. The van der Waals surface area contributed by atoms with Crippen LogP contribution in [0, 0.1) is 0 Å². The lowest BCUT2D eigenvalue weighted by molar-refractivity contribution is -0.0415. The van der Waals surface area contributed by atoms with Crippen LogP contribution in [0.3, 0.4) is 0 Å². The molecule has 0 saturated carbocycles. The molecule has 4 rings (SSSR count). The standard InChI is InChI=1S/C19H19BrF2N4.C2H6/c20-17-11-24-26-12-15(10-23-18(17)26)14-4-6-16(7-5-14)19(21,22)13-25-8-2-1-3-9-25;1-2/h4-7,10-12H,1-3,8-9,13H2;1-2H3. The summed E-state index contributed by atoms with van der Waals surface area (Å²) >= 11 is 3.39. The third-order valence-electron chi connectivity index (χ3n) is 4.82. The lowest BCUT2D eigenvalue weighted by Crippen LogP contribution is -2.38. The summed E-state index contributed by atoms with van der Waals surface area (Å²) in [5.74, 6) is -2.84. The van der Waals surface area contributed by atoms with E-state index in [0.29, 0.717) is 0 Å². The molecule has 0 N–H and O–H groups in total. The minimum absolute atomic E-state index is 0.0581. The maximum absolute atomic E-state index is 14.6. The fourth-order valence-corrected chi connectivity index (χ4v) is 3.77. The number of piperidine rings is 1. The van der Waals surface area contributed by atoms with Crippen molar-refractivity contribution in [2.24, 2.45) is 0 Å². The molecular weight excluding hydrogens is 426 g/mol. The smallest absolute Gasteiger partial charge is 0.285 e. The highest BCUT2D eigenvalue weighted by Gasteiger charge is 2.34. The van der Waals surface area contributed by atoms with Crippen LogP contribution in [0.1, 0.15) is 38.7 Å². The lowest BCUT2D eigenvalue weighted by Gasteiger charge is -2.30. The summed E-state index contributed by atoms with van der Waals surface area (Å²) in [6.45, 7) is 5.32. The van der Waals surface area contributed by atoms with Crippen molar-refractivity contribution in [3.63, 3.8) is 0 Å². The summed E-state index contributed by atoms with van der Waals surface area (Å²) in [7, 11) is 0. The first-order chi connectivity index (χ1) is 13.5. The predicted octanol–water partition coefficient (Wildman–Crippen LogP) is 5.76. The topological polar surface area (TPSA) is 33.4 Å². The summed E-state index contributed by atoms with van der Waals surface area (Å²) in [4.78, 5) is 6.23. The maximum Gasteiger partial charge on any atom is 0.285 e. The second-order valence-corrected chi connectivity index (χ2v) is 7.58. The Hall–Kier alpha value is -1.86. The van der Waals surface area contributed by atoms with E-state index in [0.717, 1.165) is 53.6 Å². The molecule has 2 aromatic heterocycles. The number of halogens is 3. The molecule has 0 bridgehead atoms. The van der Waals surface area contributed by atoms with Gasteiger partial charge in [-0.3, -0.25) is 4.90 Å². The summed E-state index contributed by atoms with van der Waals surface area (Å²) in [5, 5.41) is 4.21. The van der Waals surface area contributed by atoms with Gasteiger partial charge in [0.25, 0.3) is 5.92 Å². The number of hydrogen-bond donors (Lipinski definition) is 0. The van der Waals surface area contributed by atoms with Gasteiger partial charge in [-0.1, -0.05) is 44.5 Å². The Balaban J connectivity index is 0.00000109. The monoisotopic (exact) mass is 450 g/mol. The first-order valence-corrected chi connectivity index (χ1v) is 10.5. The molecule has 28 heavy (non-hydrogen) atoms. The predicted molar refractivity (Wildman–Crippen MR) is 112 cm³/mol. The Labute approximate surface area is 172 Å². The molecule has 3 aromatic rings. The third-order valence-corrected chi connectivity index (χ3v) is 5.38. The molecule has 1 saturated heterocycles. The Morgan fingerprint density at radius 1 is 1.00 bits per heavy atom. The highest BCUT2D eigenvalue weighted by Crippen LogP contribution is 2.32. The summed E-state index contributed by atoms with van der Waals surface area (Å²) in [6.07, 6.45) is 8.40. The number of fused-ring (bicyclic) bond motifs is 1. The maximum atomic E-state index is 14.6. The van der Waals surface area contributed by atoms with Gasteiger partial charge in [-0.25, -0.2) is 9.50 Å². The van der Waals surface area contributed by atoms with Crippen molar-refractivity contribution in [1.29, 1.82) is 0 Å². The SMILES string of the molecule is CC.FC(F)(CN1CCCCC1)c1ccc(-c2cnc3c(Br)cnn3c2)cc1. The van der Waals surface area contributed by atoms with E-state index in [1.165, 1.54) is 12.1 Å². The molecule has 7 heteroatoms. The van der Waals surface area contributed by atoms with Gasteiger partial charge in [-0.05, 0) is 47.4 Å². The molecule has 4 nitrogen and oxygen atoms in total. The molecular formula is C21H25BrF2N4. The van der Waals surface area contributed by atoms with Crippen LogP contribution in [0.5, 0.6) is 0 Å². The minimum atomic E-state index is -2.84. The van der Waals surface area contributed by atoms with Crippen molar-refractivity contribution in [3.05, 3.63) is 52.9 Å². The first kappa shape index (κ1) is 20.9. The van der Waals surface area contributed by atoms with Crippen LogP contribution < -0.4 is 0 Å². The van der Waals surface area contributed by atoms with Crippen LogP contribution in [-0.2, 0) is 5.92 Å². The van der Waals surface area contributed by atoms with Gasteiger partial charge in [0.05, 0.1) is 17.2 Å². The van der Waals surface area contributed by atoms with Gasteiger partial charge in [-0.2, -0.15) is 13.9 Å². The summed E-state index contributed by atoms with van der Waals surface area (Å²) < 4.78 is 31.7. The molecule has 0 radical (unpaired) electrons. The number of alkyl halides is 2. The molecule has 0 spiro atoms. The van der Waals surface area contributed by atoms with Crippen molar-refractivity contribution in [3.8, 4) is 11.1 Å². The van der Waals surface area contributed by atoms with Gasteiger partial charge in [0.15, 0.2) is 5.65 Å². The Kier molecular flexibility index (Phi) is 6.78. The van der Waals surface area contributed by atoms with E-state index in [-0.39, 0.29) is 12.1 Å². The van der Waals surface area contributed by atoms with E-state index in [2.05, 4.69) is 26.0 Å². The van der Waals surface area contributed by atoms with E-state index in [1.54, 1.807) is 29.0 Å². The zero-order chi connectivity index (χ0) is 20.1. The van der Waals surface area contributed by atoms with Crippen LogP contribution in [0.4, 0.5) is 8.78 Å². The number of nitrogens with zero attached hydrogens (tertiary/aromatic N) is 4. The zero-order valence-corrected chi connectivity index (χ0v) is 17.8. The van der Waals surface area contributed by atoms with Crippen LogP contribution in [0.2, 0.25) is 0 Å². The summed E-state index contributed by atoms with van der Waals surface area (Å²) in [5.41, 5.74) is 2.45. The van der Waals surface area contributed by atoms with E-state index in [9.17, 15) is 8.78 Å². The average Bonchev–Trinajstić information content (AvgIpc) is 3.10. The molecule has 0 amide bonds. The Morgan fingerprint density at radius 2 is 1.68 bits per heavy atom. The second-order valence-electron chi connectivity index (χ2n) is 6.72. The van der Waals surface area contributed by atoms with Gasteiger partial charge < -0.3 is 0 Å². The summed E-state index contributed by atoms with van der Waals surface area (Å²) in [6, 6.07) is 6.48. The van der Waals surface area contributed by atoms with E-state index in [4.69, 9.17) is 0 Å². The van der Waals surface area contributed by atoms with Crippen molar-refractivity contribution in [1.82, 2.24) is 19.5 Å². The molecule has 0 unspecified atom stereocenters. The second kappa shape index (κ2) is 9.09. The fraction of sp³-hybridized carbons (Fsp3) is 0.429. The molecule has 1 aliphatic rings. The van der Waals surface area contributed by atoms with Gasteiger partial charge in [0.2, 0.25) is 0 Å². The third kappa shape index (κ3) is 4.58. The fourth-order valence-electron chi connectivity index (χ4n) is 3.39. The van der Waals surface area contributed by atoms with E-state index in [1.807, 2.05) is 24.9 Å². The Bertz CT molecular complexity index is 902. The molecule has 0 aliphatic carbocycles. The number of likely N-dealkylation sites (tertiary alicyclic amines) is 1. The van der Waals surface area contributed by atoms with Crippen LogP contribution in [0.25, 0.3) is 16.8 Å². The van der Waals surface area contributed by atoms with Crippen molar-refractivity contribution in [2.45, 2.75) is 39.0 Å². The molecule has 1 aliphatic heterocycles. The van der Waals surface area contributed by atoms with Gasteiger partial charge in [0, 0.05) is 23.5 Å². The molecule has 1 fully saturated rings. The number of hydrogen-bond acceptors (Lipinski definition) is 3. The lowest BCUT2D eigenvalue weighted by atomic mass is 10.0. The average molecular weight is 451 g/mol. The van der Waals surface area contributed by atoms with Crippen LogP contribution in [-0.4, -0.2) is 39.1 Å². The minimum Gasteiger partial charge on any atom is -0.297 e.